The minimum absolute atomic E-state index is 0.705. The van der Waals surface area contributed by atoms with Crippen molar-refractivity contribution in [3.05, 3.63) is 29.3 Å². The first-order valence-corrected chi connectivity index (χ1v) is 7.27. The highest BCUT2D eigenvalue weighted by Gasteiger charge is 2.32. The van der Waals surface area contributed by atoms with E-state index in [4.69, 9.17) is 5.73 Å². The SMILES string of the molecule is Cc1ccc(CCCCCN)cc1NC1CC1C. The Kier molecular flexibility index (Phi) is 4.65. The van der Waals surface area contributed by atoms with Gasteiger partial charge < -0.3 is 11.1 Å². The van der Waals surface area contributed by atoms with Gasteiger partial charge in [0.25, 0.3) is 0 Å². The highest BCUT2D eigenvalue weighted by Crippen LogP contribution is 2.33. The summed E-state index contributed by atoms with van der Waals surface area (Å²) < 4.78 is 0. The van der Waals surface area contributed by atoms with Crippen LogP contribution >= 0.6 is 0 Å². The normalized spacial score (nSPS) is 21.9. The number of nitrogens with one attached hydrogen (secondary N) is 1. The predicted octanol–water partition coefficient (Wildman–Crippen LogP) is 3.49. The first-order chi connectivity index (χ1) is 8.70. The van der Waals surface area contributed by atoms with E-state index in [2.05, 4.69) is 37.4 Å². The Morgan fingerprint density at radius 2 is 2.06 bits per heavy atom. The molecule has 1 saturated carbocycles. The zero-order chi connectivity index (χ0) is 13.0. The zero-order valence-corrected chi connectivity index (χ0v) is 11.7. The molecule has 1 fully saturated rings. The Morgan fingerprint density at radius 3 is 2.72 bits per heavy atom. The molecule has 3 N–H and O–H groups in total. The Morgan fingerprint density at radius 1 is 1.28 bits per heavy atom. The summed E-state index contributed by atoms with van der Waals surface area (Å²) in [6.07, 6.45) is 6.14. The Labute approximate surface area is 111 Å². The van der Waals surface area contributed by atoms with E-state index in [1.165, 1.54) is 42.5 Å². The summed E-state index contributed by atoms with van der Waals surface area (Å²) in [6, 6.07) is 7.55. The highest BCUT2D eigenvalue weighted by molar-refractivity contribution is 5.54. The molecule has 0 radical (unpaired) electrons. The topological polar surface area (TPSA) is 38.0 Å². The molecule has 18 heavy (non-hydrogen) atoms. The molecule has 100 valence electrons. The van der Waals surface area contributed by atoms with Gasteiger partial charge in [0.05, 0.1) is 0 Å². The van der Waals surface area contributed by atoms with Crippen molar-refractivity contribution >= 4 is 5.69 Å². The molecule has 1 aromatic carbocycles. The van der Waals surface area contributed by atoms with Crippen molar-refractivity contribution in [1.82, 2.24) is 0 Å². The standard InChI is InChI=1S/C16H26N2/c1-12-7-8-14(6-4-3-5-9-17)11-16(12)18-15-10-13(15)2/h7-8,11,13,15,18H,3-6,9-10,17H2,1-2H3. The first-order valence-electron chi connectivity index (χ1n) is 7.27. The smallest absolute Gasteiger partial charge is 0.0374 e. The lowest BCUT2D eigenvalue weighted by molar-refractivity contribution is 0.686. The number of benzene rings is 1. The fourth-order valence-electron chi connectivity index (χ4n) is 2.35. The second kappa shape index (κ2) is 6.24. The van der Waals surface area contributed by atoms with Gasteiger partial charge in [0.2, 0.25) is 0 Å². The molecule has 0 heterocycles. The molecule has 2 unspecified atom stereocenters. The van der Waals surface area contributed by atoms with Gasteiger partial charge in [0.15, 0.2) is 0 Å². The number of nitrogens with two attached hydrogens (primary N) is 1. The largest absolute Gasteiger partial charge is 0.382 e. The number of hydrogen-bond donors (Lipinski definition) is 2. The minimum Gasteiger partial charge on any atom is -0.382 e. The van der Waals surface area contributed by atoms with Crippen molar-refractivity contribution in [3.8, 4) is 0 Å². The van der Waals surface area contributed by atoms with E-state index in [1.54, 1.807) is 0 Å². The highest BCUT2D eigenvalue weighted by atomic mass is 15.0. The minimum atomic E-state index is 0.705. The van der Waals surface area contributed by atoms with Crippen molar-refractivity contribution in [3.63, 3.8) is 0 Å². The van der Waals surface area contributed by atoms with Crippen LogP contribution in [-0.4, -0.2) is 12.6 Å². The molecule has 0 aromatic heterocycles. The third kappa shape index (κ3) is 3.74. The van der Waals surface area contributed by atoms with Gasteiger partial charge in [-0.2, -0.15) is 0 Å². The second-order valence-electron chi connectivity index (χ2n) is 5.71. The summed E-state index contributed by atoms with van der Waals surface area (Å²) in [5.74, 6) is 0.845. The van der Waals surface area contributed by atoms with Crippen molar-refractivity contribution in [2.45, 2.75) is 52.0 Å². The molecule has 0 aliphatic heterocycles. The van der Waals surface area contributed by atoms with Gasteiger partial charge in [0, 0.05) is 11.7 Å². The molecule has 1 aliphatic rings. The monoisotopic (exact) mass is 246 g/mol. The summed E-state index contributed by atoms with van der Waals surface area (Å²) >= 11 is 0. The molecule has 1 aromatic rings. The van der Waals surface area contributed by atoms with Crippen LogP contribution in [0.25, 0.3) is 0 Å². The molecule has 2 nitrogen and oxygen atoms in total. The van der Waals surface area contributed by atoms with Gasteiger partial charge in [-0.3, -0.25) is 0 Å². The fraction of sp³-hybridized carbons (Fsp3) is 0.625. The van der Waals surface area contributed by atoms with Crippen LogP contribution in [0.1, 0.15) is 43.7 Å². The Hall–Kier alpha value is -1.02. The lowest BCUT2D eigenvalue weighted by Crippen LogP contribution is -2.05. The van der Waals surface area contributed by atoms with E-state index in [0.717, 1.165) is 18.9 Å². The molecular formula is C16H26N2. The lowest BCUT2D eigenvalue weighted by atomic mass is 10.0. The number of aryl methyl sites for hydroxylation is 2. The van der Waals surface area contributed by atoms with Crippen molar-refractivity contribution in [2.75, 3.05) is 11.9 Å². The molecular weight excluding hydrogens is 220 g/mol. The molecule has 0 amide bonds. The van der Waals surface area contributed by atoms with Crippen LogP contribution in [0.2, 0.25) is 0 Å². The summed E-state index contributed by atoms with van der Waals surface area (Å²) in [5, 5.41) is 3.66. The number of unbranched alkanes of at least 4 members (excludes halogenated alkanes) is 2. The van der Waals surface area contributed by atoms with Crippen LogP contribution in [-0.2, 0) is 6.42 Å². The van der Waals surface area contributed by atoms with Gasteiger partial charge in [-0.05, 0) is 62.3 Å². The Balaban J connectivity index is 1.89. The molecule has 1 aliphatic carbocycles. The van der Waals surface area contributed by atoms with Gasteiger partial charge in [0.1, 0.15) is 0 Å². The van der Waals surface area contributed by atoms with Gasteiger partial charge in [-0.25, -0.2) is 0 Å². The average molecular weight is 246 g/mol. The maximum Gasteiger partial charge on any atom is 0.0374 e. The predicted molar refractivity (Wildman–Crippen MR) is 79.0 cm³/mol. The first kappa shape index (κ1) is 13.4. The average Bonchev–Trinajstić information content (AvgIpc) is 3.04. The van der Waals surface area contributed by atoms with E-state index >= 15 is 0 Å². The zero-order valence-electron chi connectivity index (χ0n) is 11.7. The molecule has 2 heteroatoms. The van der Waals surface area contributed by atoms with Gasteiger partial charge in [-0.1, -0.05) is 25.5 Å². The molecule has 0 saturated heterocycles. The van der Waals surface area contributed by atoms with E-state index in [0.29, 0.717) is 6.04 Å². The molecule has 2 atom stereocenters. The van der Waals surface area contributed by atoms with Crippen molar-refractivity contribution in [2.24, 2.45) is 11.7 Å². The summed E-state index contributed by atoms with van der Waals surface area (Å²) in [7, 11) is 0. The summed E-state index contributed by atoms with van der Waals surface area (Å²) in [4.78, 5) is 0. The van der Waals surface area contributed by atoms with E-state index in [1.807, 2.05) is 0 Å². The van der Waals surface area contributed by atoms with Crippen LogP contribution in [0.4, 0.5) is 5.69 Å². The number of hydrogen-bond acceptors (Lipinski definition) is 2. The maximum atomic E-state index is 5.52. The quantitative estimate of drug-likeness (QED) is 0.723. The third-order valence-corrected chi connectivity index (χ3v) is 3.92. The van der Waals surface area contributed by atoms with Crippen LogP contribution in [0, 0.1) is 12.8 Å². The molecule has 0 bridgehead atoms. The Bertz CT molecular complexity index is 387. The van der Waals surface area contributed by atoms with E-state index in [-0.39, 0.29) is 0 Å². The van der Waals surface area contributed by atoms with Gasteiger partial charge in [-0.15, -0.1) is 0 Å². The van der Waals surface area contributed by atoms with Crippen LogP contribution in [0.3, 0.4) is 0 Å². The van der Waals surface area contributed by atoms with E-state index < -0.39 is 0 Å². The summed E-state index contributed by atoms with van der Waals surface area (Å²) in [6.45, 7) is 5.32. The fourth-order valence-corrected chi connectivity index (χ4v) is 2.35. The second-order valence-corrected chi connectivity index (χ2v) is 5.71. The van der Waals surface area contributed by atoms with Crippen molar-refractivity contribution in [1.29, 1.82) is 0 Å². The van der Waals surface area contributed by atoms with Crippen molar-refractivity contribution < 1.29 is 0 Å². The lowest BCUT2D eigenvalue weighted by Gasteiger charge is -2.11. The molecule has 0 spiro atoms. The van der Waals surface area contributed by atoms with Crippen LogP contribution < -0.4 is 11.1 Å². The van der Waals surface area contributed by atoms with E-state index in [9.17, 15) is 0 Å². The van der Waals surface area contributed by atoms with Crippen LogP contribution in [0.5, 0.6) is 0 Å². The third-order valence-electron chi connectivity index (χ3n) is 3.92. The number of rotatable bonds is 7. The van der Waals surface area contributed by atoms with Gasteiger partial charge >= 0.3 is 0 Å². The maximum absolute atomic E-state index is 5.52. The summed E-state index contributed by atoms with van der Waals surface area (Å²) in [5.41, 5.74) is 9.66. The van der Waals surface area contributed by atoms with Crippen LogP contribution in [0.15, 0.2) is 18.2 Å². The number of anilines is 1. The molecule has 2 rings (SSSR count).